The minimum absolute atomic E-state index is 0.764. The predicted octanol–water partition coefficient (Wildman–Crippen LogP) is 2.70. The number of thioether (sulfide) groups is 1. The summed E-state index contributed by atoms with van der Waals surface area (Å²) in [5.41, 5.74) is 3.03. The standard InChI is InChI=1S/C14H20N4S/c1-19-10-6-5-9-15-11-13-14(17-18-16-13)12-7-3-2-4-8-12/h2-4,7-8,15H,5-6,9-11H2,1H3,(H,16,17,18). The van der Waals surface area contributed by atoms with Crippen molar-refractivity contribution >= 4 is 11.8 Å². The van der Waals surface area contributed by atoms with E-state index in [1.54, 1.807) is 0 Å². The van der Waals surface area contributed by atoms with Gasteiger partial charge >= 0.3 is 0 Å². The lowest BCUT2D eigenvalue weighted by atomic mass is 10.1. The predicted molar refractivity (Wildman–Crippen MR) is 81.1 cm³/mol. The Kier molecular flexibility index (Phi) is 5.91. The molecule has 1 heterocycles. The minimum Gasteiger partial charge on any atom is -0.311 e. The second-order valence-electron chi connectivity index (χ2n) is 4.36. The fourth-order valence-electron chi connectivity index (χ4n) is 1.91. The van der Waals surface area contributed by atoms with E-state index in [9.17, 15) is 0 Å². The fraction of sp³-hybridized carbons (Fsp3) is 0.429. The fourth-order valence-corrected chi connectivity index (χ4v) is 2.40. The molecule has 1 aromatic carbocycles. The number of hydrogen-bond donors (Lipinski definition) is 2. The molecule has 0 aliphatic rings. The second-order valence-corrected chi connectivity index (χ2v) is 5.35. The number of benzene rings is 1. The molecule has 0 bridgehead atoms. The van der Waals surface area contributed by atoms with Crippen LogP contribution < -0.4 is 5.32 Å². The van der Waals surface area contributed by atoms with Gasteiger partial charge in [-0.1, -0.05) is 30.3 Å². The minimum atomic E-state index is 0.764. The summed E-state index contributed by atoms with van der Waals surface area (Å²) in [6.45, 7) is 1.79. The van der Waals surface area contributed by atoms with Crippen LogP contribution in [0.25, 0.3) is 11.3 Å². The first-order valence-electron chi connectivity index (χ1n) is 6.56. The van der Waals surface area contributed by atoms with E-state index in [2.05, 4.69) is 39.1 Å². The molecule has 0 fully saturated rings. The quantitative estimate of drug-likeness (QED) is 0.728. The van der Waals surface area contributed by atoms with Crippen LogP contribution in [-0.4, -0.2) is 34.0 Å². The summed E-state index contributed by atoms with van der Waals surface area (Å²) in [6, 6.07) is 10.2. The van der Waals surface area contributed by atoms with Crippen LogP contribution in [0.2, 0.25) is 0 Å². The second kappa shape index (κ2) is 7.96. The zero-order valence-corrected chi connectivity index (χ0v) is 12.0. The smallest absolute Gasteiger partial charge is 0.117 e. The van der Waals surface area contributed by atoms with Gasteiger partial charge in [-0.2, -0.15) is 27.2 Å². The number of hydrogen-bond acceptors (Lipinski definition) is 4. The molecule has 0 aliphatic carbocycles. The van der Waals surface area contributed by atoms with Crippen molar-refractivity contribution < 1.29 is 0 Å². The van der Waals surface area contributed by atoms with E-state index in [1.807, 2.05) is 30.0 Å². The molecule has 2 aromatic rings. The lowest BCUT2D eigenvalue weighted by Crippen LogP contribution is -2.15. The summed E-state index contributed by atoms with van der Waals surface area (Å²) < 4.78 is 0. The third-order valence-corrected chi connectivity index (χ3v) is 3.61. The summed E-state index contributed by atoms with van der Waals surface area (Å²) in [5.74, 6) is 1.24. The maximum absolute atomic E-state index is 4.24. The van der Waals surface area contributed by atoms with Crippen molar-refractivity contribution in [3.05, 3.63) is 36.0 Å². The molecule has 0 aliphatic heterocycles. The van der Waals surface area contributed by atoms with E-state index in [0.29, 0.717) is 0 Å². The maximum Gasteiger partial charge on any atom is 0.117 e. The SMILES string of the molecule is CSCCCCNCc1n[nH]nc1-c1ccccc1. The van der Waals surface area contributed by atoms with Crippen molar-refractivity contribution in [3.8, 4) is 11.3 Å². The number of H-pyrrole nitrogens is 1. The van der Waals surface area contributed by atoms with Crippen LogP contribution in [0.1, 0.15) is 18.5 Å². The van der Waals surface area contributed by atoms with Gasteiger partial charge in [-0.25, -0.2) is 0 Å². The van der Waals surface area contributed by atoms with Gasteiger partial charge in [0, 0.05) is 12.1 Å². The third-order valence-electron chi connectivity index (χ3n) is 2.91. The van der Waals surface area contributed by atoms with Gasteiger partial charge in [0.25, 0.3) is 0 Å². The Morgan fingerprint density at radius 2 is 2.00 bits per heavy atom. The van der Waals surface area contributed by atoms with Crippen LogP contribution in [0.4, 0.5) is 0 Å². The van der Waals surface area contributed by atoms with E-state index >= 15 is 0 Å². The monoisotopic (exact) mass is 276 g/mol. The van der Waals surface area contributed by atoms with Crippen LogP contribution in [-0.2, 0) is 6.54 Å². The van der Waals surface area contributed by atoms with Crippen molar-refractivity contribution in [1.29, 1.82) is 0 Å². The summed E-state index contributed by atoms with van der Waals surface area (Å²) in [7, 11) is 0. The molecule has 19 heavy (non-hydrogen) atoms. The Hall–Kier alpha value is -1.33. The Balaban J connectivity index is 1.83. The number of aromatic amines is 1. The molecule has 1 aromatic heterocycles. The Bertz CT molecular complexity index is 469. The van der Waals surface area contributed by atoms with Gasteiger partial charge in [0.2, 0.25) is 0 Å². The van der Waals surface area contributed by atoms with Crippen LogP contribution in [0.3, 0.4) is 0 Å². The molecule has 2 N–H and O–H groups in total. The average Bonchev–Trinajstić information content (AvgIpc) is 2.92. The molecule has 2 rings (SSSR count). The van der Waals surface area contributed by atoms with Crippen LogP contribution in [0.15, 0.2) is 30.3 Å². The van der Waals surface area contributed by atoms with Crippen molar-refractivity contribution in [2.45, 2.75) is 19.4 Å². The molecule has 0 saturated heterocycles. The van der Waals surface area contributed by atoms with Crippen LogP contribution in [0.5, 0.6) is 0 Å². The maximum atomic E-state index is 4.24. The number of nitrogens with one attached hydrogen (secondary N) is 2. The van der Waals surface area contributed by atoms with Gasteiger partial charge in [-0.15, -0.1) is 0 Å². The normalized spacial score (nSPS) is 10.8. The Labute approximate surface area is 118 Å². The van der Waals surface area contributed by atoms with Crippen molar-refractivity contribution in [2.75, 3.05) is 18.6 Å². The highest BCUT2D eigenvalue weighted by Gasteiger charge is 2.08. The highest BCUT2D eigenvalue weighted by molar-refractivity contribution is 7.98. The molecular formula is C14H20N4S. The summed E-state index contributed by atoms with van der Waals surface area (Å²) in [4.78, 5) is 0. The molecule has 0 atom stereocenters. The molecule has 0 unspecified atom stereocenters. The Morgan fingerprint density at radius 1 is 1.16 bits per heavy atom. The van der Waals surface area contributed by atoms with Gasteiger partial charge in [0.15, 0.2) is 0 Å². The molecule has 0 saturated carbocycles. The number of unbranched alkanes of at least 4 members (excludes halogenated alkanes) is 1. The van der Waals surface area contributed by atoms with E-state index in [4.69, 9.17) is 0 Å². The first kappa shape index (κ1) is 14.1. The zero-order valence-electron chi connectivity index (χ0n) is 11.2. The van der Waals surface area contributed by atoms with Gasteiger partial charge in [0.1, 0.15) is 11.4 Å². The van der Waals surface area contributed by atoms with Crippen molar-refractivity contribution in [2.24, 2.45) is 0 Å². The largest absolute Gasteiger partial charge is 0.311 e. The van der Waals surface area contributed by atoms with Gasteiger partial charge < -0.3 is 5.32 Å². The molecule has 4 nitrogen and oxygen atoms in total. The van der Waals surface area contributed by atoms with E-state index in [0.717, 1.165) is 30.0 Å². The number of rotatable bonds is 8. The average molecular weight is 276 g/mol. The Morgan fingerprint density at radius 3 is 2.79 bits per heavy atom. The molecule has 0 spiro atoms. The number of aromatic nitrogens is 3. The molecule has 5 heteroatoms. The first-order valence-corrected chi connectivity index (χ1v) is 7.96. The van der Waals surface area contributed by atoms with Gasteiger partial charge in [-0.05, 0) is 31.4 Å². The highest BCUT2D eigenvalue weighted by atomic mass is 32.2. The van der Waals surface area contributed by atoms with E-state index in [-0.39, 0.29) is 0 Å². The van der Waals surface area contributed by atoms with Crippen molar-refractivity contribution in [1.82, 2.24) is 20.7 Å². The molecular weight excluding hydrogens is 256 g/mol. The van der Waals surface area contributed by atoms with E-state index < -0.39 is 0 Å². The summed E-state index contributed by atoms with van der Waals surface area (Å²) in [5, 5.41) is 14.6. The van der Waals surface area contributed by atoms with E-state index in [1.165, 1.54) is 18.6 Å². The van der Waals surface area contributed by atoms with Gasteiger partial charge in [0.05, 0.1) is 0 Å². The molecule has 102 valence electrons. The van der Waals surface area contributed by atoms with Crippen LogP contribution in [0, 0.1) is 0 Å². The summed E-state index contributed by atoms with van der Waals surface area (Å²) >= 11 is 1.90. The lowest BCUT2D eigenvalue weighted by molar-refractivity contribution is 0.635. The third kappa shape index (κ3) is 4.36. The molecule has 0 radical (unpaired) electrons. The topological polar surface area (TPSA) is 53.6 Å². The van der Waals surface area contributed by atoms with Crippen LogP contribution >= 0.6 is 11.8 Å². The summed E-state index contributed by atoms with van der Waals surface area (Å²) in [6.07, 6.45) is 4.62. The first-order chi connectivity index (χ1) is 9.42. The lowest BCUT2D eigenvalue weighted by Gasteiger charge is -2.04. The van der Waals surface area contributed by atoms with Gasteiger partial charge in [-0.3, -0.25) is 0 Å². The zero-order chi connectivity index (χ0) is 13.3. The highest BCUT2D eigenvalue weighted by Crippen LogP contribution is 2.18. The molecule has 0 amide bonds. The number of nitrogens with zero attached hydrogens (tertiary/aromatic N) is 2. The van der Waals surface area contributed by atoms with Crippen molar-refractivity contribution in [3.63, 3.8) is 0 Å².